The average molecular weight is 466 g/mol. The van der Waals surface area contributed by atoms with Crippen molar-refractivity contribution in [3.63, 3.8) is 0 Å². The lowest BCUT2D eigenvalue weighted by atomic mass is 10.1. The van der Waals surface area contributed by atoms with Gasteiger partial charge in [0.05, 0.1) is 34.4 Å². The maximum absolute atomic E-state index is 14.1. The van der Waals surface area contributed by atoms with E-state index < -0.39 is 16.6 Å². The molecule has 1 aliphatic rings. The number of ether oxygens (including phenoxy) is 1. The fraction of sp³-hybridized carbons (Fsp3) is 0.217. The molecule has 1 fully saturated rings. The smallest absolute Gasteiger partial charge is 0.254 e. The van der Waals surface area contributed by atoms with Crippen LogP contribution < -0.4 is 0 Å². The summed E-state index contributed by atoms with van der Waals surface area (Å²) in [5.74, 6) is -0.239. The number of hydrogen-bond acceptors (Lipinski definition) is 6. The standard InChI is InChI=1S/C23H20FN5O3S/c1-33(31)20-14-29(23-26-12-16(13-27-23)21-18(24)3-2-6-25-21)19-11-15(4-5-17(19)20)22(30)28-7-9-32-10-8-28/h2-6,11-14H,7-10H2,1H3. The number of fused-ring (bicyclic) bond motifs is 1. The van der Waals surface area contributed by atoms with E-state index in [4.69, 9.17) is 4.74 Å². The highest BCUT2D eigenvalue weighted by atomic mass is 32.2. The van der Waals surface area contributed by atoms with Crippen molar-refractivity contribution in [2.24, 2.45) is 0 Å². The SMILES string of the molecule is CS(=O)c1cn(-c2ncc(-c3ncccc3F)cn2)c2cc(C(=O)N3CCOCC3)ccc12. The Morgan fingerprint density at radius 2 is 1.88 bits per heavy atom. The van der Waals surface area contributed by atoms with Crippen LogP contribution in [0, 0.1) is 5.82 Å². The predicted molar refractivity (Wildman–Crippen MR) is 121 cm³/mol. The fourth-order valence-corrected chi connectivity index (χ4v) is 4.57. The number of halogens is 1. The van der Waals surface area contributed by atoms with Crippen LogP contribution in [0.25, 0.3) is 28.1 Å². The highest BCUT2D eigenvalue weighted by Crippen LogP contribution is 2.28. The van der Waals surface area contributed by atoms with E-state index in [-0.39, 0.29) is 11.6 Å². The molecule has 0 saturated carbocycles. The summed E-state index contributed by atoms with van der Waals surface area (Å²) in [5, 5.41) is 0.748. The molecule has 1 aromatic carbocycles. The molecule has 1 atom stereocenters. The molecule has 3 aromatic heterocycles. The fourth-order valence-electron chi connectivity index (χ4n) is 3.84. The van der Waals surface area contributed by atoms with Crippen LogP contribution in [0.5, 0.6) is 0 Å². The van der Waals surface area contributed by atoms with Crippen molar-refractivity contribution in [3.8, 4) is 17.2 Å². The van der Waals surface area contributed by atoms with Gasteiger partial charge < -0.3 is 9.64 Å². The van der Waals surface area contributed by atoms with Gasteiger partial charge in [0, 0.05) is 60.6 Å². The Morgan fingerprint density at radius 1 is 1.12 bits per heavy atom. The minimum atomic E-state index is -1.26. The molecular formula is C23H20FN5O3S. The van der Waals surface area contributed by atoms with Crippen LogP contribution in [0.4, 0.5) is 4.39 Å². The molecule has 0 aliphatic carbocycles. The van der Waals surface area contributed by atoms with Crippen LogP contribution in [0.15, 0.2) is 60.0 Å². The van der Waals surface area contributed by atoms with Gasteiger partial charge in [0.1, 0.15) is 11.5 Å². The van der Waals surface area contributed by atoms with Gasteiger partial charge in [-0.1, -0.05) is 6.07 Å². The van der Waals surface area contributed by atoms with Crippen molar-refractivity contribution in [1.82, 2.24) is 24.4 Å². The molecular weight excluding hydrogens is 445 g/mol. The zero-order valence-corrected chi connectivity index (χ0v) is 18.6. The van der Waals surface area contributed by atoms with Gasteiger partial charge in [0.15, 0.2) is 0 Å². The number of nitrogens with zero attached hydrogens (tertiary/aromatic N) is 5. The van der Waals surface area contributed by atoms with Gasteiger partial charge in [0.2, 0.25) is 5.95 Å². The number of morpholine rings is 1. The number of benzene rings is 1. The number of rotatable bonds is 4. The van der Waals surface area contributed by atoms with Crippen LogP contribution in [0.2, 0.25) is 0 Å². The van der Waals surface area contributed by atoms with E-state index in [1.165, 1.54) is 30.7 Å². The number of aromatic nitrogens is 4. The van der Waals surface area contributed by atoms with E-state index in [0.717, 1.165) is 5.39 Å². The van der Waals surface area contributed by atoms with Crippen LogP contribution in [-0.2, 0) is 15.5 Å². The van der Waals surface area contributed by atoms with Crippen molar-refractivity contribution in [2.75, 3.05) is 32.6 Å². The summed E-state index contributed by atoms with van der Waals surface area (Å²) in [6.07, 6.45) is 7.79. The van der Waals surface area contributed by atoms with E-state index in [9.17, 15) is 13.4 Å². The first-order valence-corrected chi connectivity index (χ1v) is 11.9. The van der Waals surface area contributed by atoms with E-state index >= 15 is 0 Å². The normalized spacial score (nSPS) is 15.0. The van der Waals surface area contributed by atoms with Crippen molar-refractivity contribution >= 4 is 27.6 Å². The Bertz CT molecular complexity index is 1370. The number of amides is 1. The average Bonchev–Trinajstić information content (AvgIpc) is 3.24. The van der Waals surface area contributed by atoms with Crippen LogP contribution in [-0.4, -0.2) is 67.1 Å². The van der Waals surface area contributed by atoms with Gasteiger partial charge >= 0.3 is 0 Å². The van der Waals surface area contributed by atoms with Gasteiger partial charge in [-0.3, -0.25) is 18.6 Å². The molecule has 4 heterocycles. The molecule has 0 N–H and O–H groups in total. The number of pyridine rings is 1. The lowest BCUT2D eigenvalue weighted by molar-refractivity contribution is 0.0303. The van der Waals surface area contributed by atoms with Crippen LogP contribution in [0.3, 0.4) is 0 Å². The summed E-state index contributed by atoms with van der Waals surface area (Å²) in [6, 6.07) is 8.15. The zero-order chi connectivity index (χ0) is 22.9. The van der Waals surface area contributed by atoms with E-state index in [0.29, 0.717) is 53.8 Å². The number of carbonyl (C=O) groups excluding carboxylic acids is 1. The Kier molecular flexibility index (Phi) is 5.69. The molecule has 8 nitrogen and oxygen atoms in total. The van der Waals surface area contributed by atoms with Gasteiger partial charge in [-0.25, -0.2) is 14.4 Å². The Morgan fingerprint density at radius 3 is 2.58 bits per heavy atom. The predicted octanol–water partition coefficient (Wildman–Crippen LogP) is 2.83. The second-order valence-corrected chi connectivity index (χ2v) is 8.91. The molecule has 1 aliphatic heterocycles. The third kappa shape index (κ3) is 4.03. The summed E-state index contributed by atoms with van der Waals surface area (Å²) in [5.41, 5.74) is 1.78. The minimum absolute atomic E-state index is 0.0889. The zero-order valence-electron chi connectivity index (χ0n) is 17.8. The van der Waals surface area contributed by atoms with Crippen molar-refractivity contribution in [2.45, 2.75) is 4.90 Å². The Labute approximate surface area is 191 Å². The largest absolute Gasteiger partial charge is 0.378 e. The first kappa shape index (κ1) is 21.4. The third-order valence-electron chi connectivity index (χ3n) is 5.51. The number of carbonyl (C=O) groups is 1. The Balaban J connectivity index is 1.57. The molecule has 1 amide bonds. The van der Waals surface area contributed by atoms with Crippen molar-refractivity contribution in [3.05, 3.63) is 66.5 Å². The maximum atomic E-state index is 14.1. The van der Waals surface area contributed by atoms with Crippen LogP contribution in [0.1, 0.15) is 10.4 Å². The summed E-state index contributed by atoms with van der Waals surface area (Å²) in [7, 11) is -1.26. The third-order valence-corrected chi connectivity index (χ3v) is 6.45. The summed E-state index contributed by atoms with van der Waals surface area (Å²) < 4.78 is 33.5. The lowest BCUT2D eigenvalue weighted by Crippen LogP contribution is -2.40. The number of hydrogen-bond donors (Lipinski definition) is 0. The highest BCUT2D eigenvalue weighted by Gasteiger charge is 2.21. The molecule has 1 unspecified atom stereocenters. The summed E-state index contributed by atoms with van der Waals surface area (Å²) in [4.78, 5) is 28.2. The molecule has 5 rings (SSSR count). The van der Waals surface area contributed by atoms with Gasteiger partial charge in [-0.15, -0.1) is 0 Å². The minimum Gasteiger partial charge on any atom is -0.378 e. The summed E-state index contributed by atoms with van der Waals surface area (Å²) >= 11 is 0. The van der Waals surface area contributed by atoms with Crippen molar-refractivity contribution < 1.29 is 18.1 Å². The molecule has 0 spiro atoms. The van der Waals surface area contributed by atoms with E-state index in [1.807, 2.05) is 0 Å². The van der Waals surface area contributed by atoms with Crippen LogP contribution >= 0.6 is 0 Å². The van der Waals surface area contributed by atoms with Crippen molar-refractivity contribution in [1.29, 1.82) is 0 Å². The second kappa shape index (κ2) is 8.80. The molecule has 1 saturated heterocycles. The molecule has 4 aromatic rings. The van der Waals surface area contributed by atoms with E-state index in [1.54, 1.807) is 40.1 Å². The topological polar surface area (TPSA) is 90.2 Å². The molecule has 168 valence electrons. The molecule has 0 bridgehead atoms. The van der Waals surface area contributed by atoms with E-state index in [2.05, 4.69) is 15.0 Å². The Hall–Kier alpha value is -3.50. The maximum Gasteiger partial charge on any atom is 0.254 e. The molecule has 10 heteroatoms. The molecule has 0 radical (unpaired) electrons. The summed E-state index contributed by atoms with van der Waals surface area (Å²) in [6.45, 7) is 2.11. The van der Waals surface area contributed by atoms with Gasteiger partial charge in [-0.2, -0.15) is 0 Å². The first-order chi connectivity index (χ1) is 16.0. The van der Waals surface area contributed by atoms with Gasteiger partial charge in [0.25, 0.3) is 5.91 Å². The highest BCUT2D eigenvalue weighted by molar-refractivity contribution is 7.84. The quantitative estimate of drug-likeness (QED) is 0.460. The lowest BCUT2D eigenvalue weighted by Gasteiger charge is -2.26. The second-order valence-electron chi connectivity index (χ2n) is 7.56. The monoisotopic (exact) mass is 465 g/mol. The first-order valence-electron chi connectivity index (χ1n) is 10.3. The van der Waals surface area contributed by atoms with Gasteiger partial charge in [-0.05, 0) is 24.3 Å². The molecule has 33 heavy (non-hydrogen) atoms.